The van der Waals surface area contributed by atoms with E-state index < -0.39 is 24.0 Å². The summed E-state index contributed by atoms with van der Waals surface area (Å²) in [4.78, 5) is 30.2. The molecule has 0 spiro atoms. The lowest BCUT2D eigenvalue weighted by Gasteiger charge is -2.17. The highest BCUT2D eigenvalue weighted by Crippen LogP contribution is 2.31. The summed E-state index contributed by atoms with van der Waals surface area (Å²) in [5.41, 5.74) is 0.971. The van der Waals surface area contributed by atoms with Gasteiger partial charge in [0.25, 0.3) is 0 Å². The van der Waals surface area contributed by atoms with Crippen molar-refractivity contribution in [2.24, 2.45) is 0 Å². The molecule has 2 aromatic carbocycles. The van der Waals surface area contributed by atoms with Gasteiger partial charge < -0.3 is 19.0 Å². The first-order valence-electron chi connectivity index (χ1n) is 9.07. The summed E-state index contributed by atoms with van der Waals surface area (Å²) in [5.74, 6) is -1.98. The first-order valence-corrected chi connectivity index (χ1v) is 9.07. The van der Waals surface area contributed by atoms with Gasteiger partial charge in [-0.1, -0.05) is 42.5 Å². The molecule has 0 saturated carbocycles. The number of nitrogens with zero attached hydrogens (tertiary/aromatic N) is 1. The molecule has 0 fully saturated rings. The largest absolute Gasteiger partial charge is 0.497 e. The minimum atomic E-state index is -1.29. The van der Waals surface area contributed by atoms with E-state index in [1.807, 2.05) is 18.2 Å². The molecule has 0 amide bonds. The predicted octanol–water partition coefficient (Wildman–Crippen LogP) is 2.35. The van der Waals surface area contributed by atoms with Crippen molar-refractivity contribution >= 4 is 17.7 Å². The minimum Gasteiger partial charge on any atom is -0.497 e. The van der Waals surface area contributed by atoms with Gasteiger partial charge in [0.15, 0.2) is 6.10 Å². The van der Waals surface area contributed by atoms with Gasteiger partial charge in [0.05, 0.1) is 18.6 Å². The molecule has 8 nitrogen and oxygen atoms in total. The van der Waals surface area contributed by atoms with E-state index in [0.717, 1.165) is 5.56 Å². The minimum absolute atomic E-state index is 0.0174. The van der Waals surface area contributed by atoms with Crippen molar-refractivity contribution in [1.29, 1.82) is 0 Å². The van der Waals surface area contributed by atoms with Gasteiger partial charge in [-0.2, -0.15) is 0 Å². The third-order valence-electron chi connectivity index (χ3n) is 4.42. The second-order valence-electron chi connectivity index (χ2n) is 6.23. The molecule has 0 aliphatic carbocycles. The molecular formula is C21H21NO7. The van der Waals surface area contributed by atoms with E-state index >= 15 is 0 Å². The van der Waals surface area contributed by atoms with Gasteiger partial charge in [0, 0.05) is 0 Å². The van der Waals surface area contributed by atoms with Crippen molar-refractivity contribution in [1.82, 2.24) is 0 Å². The molecule has 8 heteroatoms. The van der Waals surface area contributed by atoms with Crippen LogP contribution in [0.2, 0.25) is 0 Å². The van der Waals surface area contributed by atoms with Crippen LogP contribution in [0.15, 0.2) is 54.6 Å². The lowest BCUT2D eigenvalue weighted by molar-refractivity contribution is -0.736. The van der Waals surface area contributed by atoms with E-state index in [9.17, 15) is 14.8 Å². The second-order valence-corrected chi connectivity index (χ2v) is 6.23. The fraction of sp³-hybridized carbons (Fsp3) is 0.286. The highest BCUT2D eigenvalue weighted by Gasteiger charge is 2.50. The molecule has 1 aliphatic heterocycles. The van der Waals surface area contributed by atoms with E-state index in [1.54, 1.807) is 43.3 Å². The van der Waals surface area contributed by atoms with Gasteiger partial charge in [-0.15, -0.1) is 0 Å². The maximum Gasteiger partial charge on any atom is 0.406 e. The number of methoxy groups -OCH3 is 1. The Morgan fingerprint density at radius 3 is 2.38 bits per heavy atom. The molecule has 0 aromatic heterocycles. The lowest BCUT2D eigenvalue weighted by atomic mass is 9.89. The van der Waals surface area contributed by atoms with Crippen LogP contribution in [0.5, 0.6) is 5.75 Å². The average molecular weight is 399 g/mol. The Morgan fingerprint density at radius 1 is 1.07 bits per heavy atom. The summed E-state index contributed by atoms with van der Waals surface area (Å²) in [7, 11) is 1.52. The number of hydrogen-bond donors (Lipinski definition) is 0. The van der Waals surface area contributed by atoms with Gasteiger partial charge in [0.2, 0.25) is 0 Å². The van der Waals surface area contributed by atoms with E-state index in [1.165, 1.54) is 7.11 Å². The van der Waals surface area contributed by atoms with E-state index in [0.29, 0.717) is 11.3 Å². The SMILES string of the molecule is CCOC(=O)[C@H]1O[N+]([O-])=C(C(=O)OCc2ccccc2)[C@@H]1c1ccc(OC)cc1. The lowest BCUT2D eigenvalue weighted by Crippen LogP contribution is -2.34. The molecule has 0 saturated heterocycles. The Labute approximate surface area is 167 Å². The Kier molecular flexibility index (Phi) is 6.33. The molecule has 1 aliphatic rings. The monoisotopic (exact) mass is 399 g/mol. The first kappa shape index (κ1) is 20.2. The van der Waals surface area contributed by atoms with Crippen LogP contribution in [0.1, 0.15) is 24.0 Å². The molecule has 2 atom stereocenters. The molecular weight excluding hydrogens is 378 g/mol. The number of ether oxygens (including phenoxy) is 3. The summed E-state index contributed by atoms with van der Waals surface area (Å²) in [5, 5.41) is 12.4. The maximum absolute atomic E-state index is 12.7. The topological polar surface area (TPSA) is 97.1 Å². The second kappa shape index (κ2) is 9.09. The van der Waals surface area contributed by atoms with Crippen LogP contribution in [0, 0.1) is 5.21 Å². The van der Waals surface area contributed by atoms with Gasteiger partial charge in [-0.25, -0.2) is 4.79 Å². The van der Waals surface area contributed by atoms with Crippen LogP contribution < -0.4 is 4.74 Å². The Hall–Kier alpha value is -3.55. The molecule has 3 rings (SSSR count). The highest BCUT2D eigenvalue weighted by molar-refractivity contribution is 6.37. The van der Waals surface area contributed by atoms with E-state index in [-0.39, 0.29) is 23.8 Å². The zero-order chi connectivity index (χ0) is 20.8. The quantitative estimate of drug-likeness (QED) is 0.521. The summed E-state index contributed by atoms with van der Waals surface area (Å²) in [6, 6.07) is 15.7. The third kappa shape index (κ3) is 4.48. The standard InChI is InChI=1S/C21H21NO7/c1-3-27-21(24)19-17(15-9-11-16(26-2)12-10-15)18(22(25)29-19)20(23)28-13-14-7-5-4-6-8-14/h4-12,17,19H,3,13H2,1-2H3/t17-,19-/m0/s1. The average Bonchev–Trinajstić information content (AvgIpc) is 3.10. The smallest absolute Gasteiger partial charge is 0.406 e. The van der Waals surface area contributed by atoms with E-state index in [4.69, 9.17) is 19.0 Å². The van der Waals surface area contributed by atoms with Crippen molar-refractivity contribution in [2.45, 2.75) is 25.6 Å². The number of rotatable bonds is 7. The van der Waals surface area contributed by atoms with Crippen molar-refractivity contribution in [3.63, 3.8) is 0 Å². The Morgan fingerprint density at radius 2 is 1.76 bits per heavy atom. The molecule has 1 heterocycles. The van der Waals surface area contributed by atoms with Crippen LogP contribution in [0.25, 0.3) is 0 Å². The maximum atomic E-state index is 12.7. The number of benzene rings is 2. The molecule has 0 bridgehead atoms. The molecule has 0 radical (unpaired) electrons. The Bertz CT molecular complexity index is 893. The van der Waals surface area contributed by atoms with Crippen LogP contribution in [-0.4, -0.2) is 42.4 Å². The first-order chi connectivity index (χ1) is 14.0. The van der Waals surface area contributed by atoms with Crippen LogP contribution in [0.3, 0.4) is 0 Å². The Balaban J connectivity index is 1.87. The number of hydrogen-bond acceptors (Lipinski definition) is 7. The number of carbonyl (C=O) groups is 2. The zero-order valence-corrected chi connectivity index (χ0v) is 16.1. The summed E-state index contributed by atoms with van der Waals surface area (Å²) in [6.07, 6.45) is -1.29. The molecule has 0 unspecified atom stereocenters. The van der Waals surface area contributed by atoms with Crippen molar-refractivity contribution in [2.75, 3.05) is 13.7 Å². The summed E-state index contributed by atoms with van der Waals surface area (Å²) in [6.45, 7) is 1.74. The van der Waals surface area contributed by atoms with Crippen molar-refractivity contribution in [3.05, 3.63) is 70.9 Å². The van der Waals surface area contributed by atoms with Crippen LogP contribution in [0.4, 0.5) is 0 Å². The fourth-order valence-electron chi connectivity index (χ4n) is 3.02. The molecule has 29 heavy (non-hydrogen) atoms. The molecule has 152 valence electrons. The van der Waals surface area contributed by atoms with Crippen molar-refractivity contribution < 1.29 is 33.5 Å². The third-order valence-corrected chi connectivity index (χ3v) is 4.42. The van der Waals surface area contributed by atoms with Gasteiger partial charge in [-0.05, 0) is 30.2 Å². The normalized spacial score (nSPS) is 18.1. The van der Waals surface area contributed by atoms with Crippen molar-refractivity contribution in [3.8, 4) is 5.75 Å². The number of esters is 2. The molecule has 0 N–H and O–H groups in total. The summed E-state index contributed by atoms with van der Waals surface area (Å²) >= 11 is 0. The highest BCUT2D eigenvalue weighted by atomic mass is 16.9. The van der Waals surface area contributed by atoms with Gasteiger partial charge in [-0.3, -0.25) is 10.0 Å². The predicted molar refractivity (Wildman–Crippen MR) is 102 cm³/mol. The van der Waals surface area contributed by atoms with Crippen LogP contribution in [-0.2, 0) is 30.5 Å². The van der Waals surface area contributed by atoms with Gasteiger partial charge in [0.1, 0.15) is 18.3 Å². The number of carbonyl (C=O) groups excluding carboxylic acids is 2. The fourth-order valence-corrected chi connectivity index (χ4v) is 3.02. The van der Waals surface area contributed by atoms with Gasteiger partial charge >= 0.3 is 17.7 Å². The molecule has 2 aromatic rings. The zero-order valence-electron chi connectivity index (χ0n) is 16.1. The van der Waals surface area contributed by atoms with E-state index in [2.05, 4.69) is 0 Å². The summed E-state index contributed by atoms with van der Waals surface area (Å²) < 4.78 is 15.4. The van der Waals surface area contributed by atoms with Crippen LogP contribution >= 0.6 is 0 Å².